The summed E-state index contributed by atoms with van der Waals surface area (Å²) < 4.78 is 14.3. The van der Waals surface area contributed by atoms with Gasteiger partial charge in [0.05, 0.1) is 25.7 Å². The van der Waals surface area contributed by atoms with Crippen molar-refractivity contribution in [3.63, 3.8) is 0 Å². The van der Waals surface area contributed by atoms with Crippen LogP contribution in [0.15, 0.2) is 0 Å². The van der Waals surface area contributed by atoms with Crippen LogP contribution in [0.4, 0.5) is 0 Å². The van der Waals surface area contributed by atoms with Crippen molar-refractivity contribution < 1.29 is 9.05 Å². The Hall–Kier alpha value is -0.200. The lowest BCUT2D eigenvalue weighted by atomic mass is 10.1. The molecule has 0 aromatic heterocycles. The van der Waals surface area contributed by atoms with Crippen molar-refractivity contribution in [2.45, 2.75) is 104 Å². The highest BCUT2D eigenvalue weighted by molar-refractivity contribution is 7.44. The predicted molar refractivity (Wildman–Crippen MR) is 104 cm³/mol. The number of rotatable bonds is 16. The molecular formula is C19H39N2O2P. The molecule has 0 aliphatic carbocycles. The highest BCUT2D eigenvalue weighted by atomic mass is 31.2. The molecule has 0 aromatic carbocycles. The van der Waals surface area contributed by atoms with E-state index in [0.717, 1.165) is 13.0 Å². The Kier molecular flexibility index (Phi) is 16.1. The lowest BCUT2D eigenvalue weighted by Crippen LogP contribution is -2.33. The van der Waals surface area contributed by atoms with E-state index in [1.165, 1.54) is 44.9 Å². The molecule has 0 spiro atoms. The smallest absolute Gasteiger partial charge is 0.259 e. The summed E-state index contributed by atoms with van der Waals surface area (Å²) in [4.78, 5) is 0. The van der Waals surface area contributed by atoms with Crippen LogP contribution in [0.3, 0.4) is 0 Å². The van der Waals surface area contributed by atoms with E-state index in [1.54, 1.807) is 0 Å². The predicted octanol–water partition coefficient (Wildman–Crippen LogP) is 6.42. The molecule has 0 saturated heterocycles. The van der Waals surface area contributed by atoms with Gasteiger partial charge in [0.15, 0.2) is 0 Å². The largest absolute Gasteiger partial charge is 0.322 e. The van der Waals surface area contributed by atoms with E-state index in [1.807, 2.05) is 0 Å². The van der Waals surface area contributed by atoms with Crippen molar-refractivity contribution >= 4 is 8.53 Å². The first-order valence-electron chi connectivity index (χ1n) is 9.75. The number of unbranched alkanes of at least 4 members (excludes halogenated alkanes) is 7. The third-order valence-electron chi connectivity index (χ3n) is 3.86. The Morgan fingerprint density at radius 2 is 1.33 bits per heavy atom. The van der Waals surface area contributed by atoms with Crippen LogP contribution in [0, 0.1) is 11.3 Å². The molecule has 0 aromatic rings. The van der Waals surface area contributed by atoms with E-state index in [4.69, 9.17) is 14.3 Å². The van der Waals surface area contributed by atoms with Crippen LogP contribution in [0.2, 0.25) is 0 Å². The highest BCUT2D eigenvalue weighted by Crippen LogP contribution is 2.46. The molecular weight excluding hydrogens is 319 g/mol. The first-order chi connectivity index (χ1) is 11.5. The van der Waals surface area contributed by atoms with Crippen LogP contribution in [0.25, 0.3) is 0 Å². The fourth-order valence-electron chi connectivity index (χ4n) is 2.69. The lowest BCUT2D eigenvalue weighted by Gasteiger charge is -2.35. The molecule has 4 nitrogen and oxygen atoms in total. The van der Waals surface area contributed by atoms with Crippen molar-refractivity contribution in [3.8, 4) is 6.07 Å². The summed E-state index contributed by atoms with van der Waals surface area (Å²) in [6.45, 7) is 12.1. The van der Waals surface area contributed by atoms with Gasteiger partial charge in [-0.25, -0.2) is 4.67 Å². The second kappa shape index (κ2) is 16.3. The zero-order valence-electron chi connectivity index (χ0n) is 16.6. The normalized spacial score (nSPS) is 13.0. The molecule has 0 amide bonds. The summed E-state index contributed by atoms with van der Waals surface area (Å²) in [5, 5.41) is 8.71. The average Bonchev–Trinajstić information content (AvgIpc) is 2.52. The van der Waals surface area contributed by atoms with Crippen molar-refractivity contribution in [2.24, 2.45) is 0 Å². The third-order valence-corrected chi connectivity index (χ3v) is 5.97. The van der Waals surface area contributed by atoms with E-state index in [0.29, 0.717) is 25.1 Å². The molecule has 0 heterocycles. The zero-order chi connectivity index (χ0) is 18.2. The van der Waals surface area contributed by atoms with Gasteiger partial charge in [0.1, 0.15) is 0 Å². The molecule has 0 aliphatic heterocycles. The fraction of sp³-hybridized carbons (Fsp3) is 0.947. The van der Waals surface area contributed by atoms with E-state index in [-0.39, 0.29) is 0 Å². The van der Waals surface area contributed by atoms with Gasteiger partial charge in [-0.1, -0.05) is 51.9 Å². The average molecular weight is 359 g/mol. The maximum atomic E-state index is 8.71. The Morgan fingerprint density at radius 3 is 1.83 bits per heavy atom. The molecule has 142 valence electrons. The summed E-state index contributed by atoms with van der Waals surface area (Å²) in [6, 6.07) is 2.88. The lowest BCUT2D eigenvalue weighted by molar-refractivity contribution is 0.174. The number of nitriles is 1. The Morgan fingerprint density at radius 1 is 0.833 bits per heavy atom. The second-order valence-electron chi connectivity index (χ2n) is 6.85. The molecule has 0 aliphatic rings. The minimum absolute atomic E-state index is 0.372. The van der Waals surface area contributed by atoms with Crippen LogP contribution < -0.4 is 0 Å². The molecule has 1 unspecified atom stereocenters. The summed E-state index contributed by atoms with van der Waals surface area (Å²) in [6.07, 6.45) is 10.8. The molecule has 1 atom stereocenters. The molecule has 0 saturated carbocycles. The van der Waals surface area contributed by atoms with E-state index in [9.17, 15) is 0 Å². The van der Waals surface area contributed by atoms with Gasteiger partial charge in [0.25, 0.3) is 8.53 Å². The van der Waals surface area contributed by atoms with E-state index < -0.39 is 8.53 Å². The second-order valence-corrected chi connectivity index (χ2v) is 8.31. The molecule has 24 heavy (non-hydrogen) atoms. The van der Waals surface area contributed by atoms with Gasteiger partial charge in [0, 0.05) is 12.1 Å². The standard InChI is InChI=1S/C19H39N2O2P/c1-6-7-8-9-10-11-12-13-16-22-24(23-17-14-15-20)21(18(2)3)19(4)5/h18-19H,6-14,16-17H2,1-5H3. The van der Waals surface area contributed by atoms with Crippen LogP contribution in [0.1, 0.15) is 92.4 Å². The Labute approximate surface area is 151 Å². The minimum atomic E-state index is -1.06. The van der Waals surface area contributed by atoms with Crippen molar-refractivity contribution in [1.29, 1.82) is 5.26 Å². The monoisotopic (exact) mass is 358 g/mol. The van der Waals surface area contributed by atoms with Gasteiger partial charge < -0.3 is 9.05 Å². The SMILES string of the molecule is CCCCCCCCCCOP(OCCC#N)N(C(C)C)C(C)C. The highest BCUT2D eigenvalue weighted by Gasteiger charge is 2.26. The van der Waals surface area contributed by atoms with Crippen LogP contribution in [0.5, 0.6) is 0 Å². The van der Waals surface area contributed by atoms with Crippen molar-refractivity contribution in [1.82, 2.24) is 4.67 Å². The Bertz CT molecular complexity index is 311. The van der Waals surface area contributed by atoms with Crippen LogP contribution in [-0.2, 0) is 9.05 Å². The van der Waals surface area contributed by atoms with Gasteiger partial charge in [0.2, 0.25) is 0 Å². The van der Waals surface area contributed by atoms with Gasteiger partial charge in [-0.15, -0.1) is 0 Å². The molecule has 0 radical (unpaired) electrons. The van der Waals surface area contributed by atoms with Gasteiger partial charge in [-0.2, -0.15) is 5.26 Å². The maximum absolute atomic E-state index is 8.71. The quantitative estimate of drug-likeness (QED) is 0.236. The third kappa shape index (κ3) is 12.2. The van der Waals surface area contributed by atoms with Crippen molar-refractivity contribution in [3.05, 3.63) is 0 Å². The zero-order valence-corrected chi connectivity index (χ0v) is 17.5. The summed E-state index contributed by atoms with van der Waals surface area (Å²) in [5.74, 6) is 0. The summed E-state index contributed by atoms with van der Waals surface area (Å²) in [5.41, 5.74) is 0. The van der Waals surface area contributed by atoms with E-state index >= 15 is 0 Å². The number of hydrogen-bond acceptors (Lipinski definition) is 4. The van der Waals surface area contributed by atoms with E-state index in [2.05, 4.69) is 45.4 Å². The Balaban J connectivity index is 4.06. The first kappa shape index (κ1) is 23.8. The van der Waals surface area contributed by atoms with Gasteiger partial charge in [-0.3, -0.25) is 0 Å². The molecule has 0 bridgehead atoms. The summed E-state index contributed by atoms with van der Waals surface area (Å²) >= 11 is 0. The number of hydrogen-bond donors (Lipinski definition) is 0. The first-order valence-corrected chi connectivity index (χ1v) is 10.9. The minimum Gasteiger partial charge on any atom is -0.322 e. The molecule has 5 heteroatoms. The maximum Gasteiger partial charge on any atom is 0.259 e. The summed E-state index contributed by atoms with van der Waals surface area (Å²) in [7, 11) is -1.06. The number of nitrogens with zero attached hydrogens (tertiary/aromatic N) is 2. The van der Waals surface area contributed by atoms with Crippen LogP contribution in [-0.4, -0.2) is 30.0 Å². The molecule has 0 fully saturated rings. The van der Waals surface area contributed by atoms with Gasteiger partial charge >= 0.3 is 0 Å². The molecule has 0 rings (SSSR count). The van der Waals surface area contributed by atoms with Crippen LogP contribution >= 0.6 is 8.53 Å². The topological polar surface area (TPSA) is 45.5 Å². The fourth-order valence-corrected chi connectivity index (χ4v) is 4.32. The molecule has 0 N–H and O–H groups in total. The van der Waals surface area contributed by atoms with Crippen molar-refractivity contribution in [2.75, 3.05) is 13.2 Å². The van der Waals surface area contributed by atoms with Gasteiger partial charge in [-0.05, 0) is 34.1 Å².